The summed E-state index contributed by atoms with van der Waals surface area (Å²) >= 11 is 5.37. The molecule has 0 saturated carbocycles. The van der Waals surface area contributed by atoms with Gasteiger partial charge in [-0.3, -0.25) is 4.39 Å². The van der Waals surface area contributed by atoms with Gasteiger partial charge in [0.05, 0.1) is 0 Å². The third-order valence-electron chi connectivity index (χ3n) is 0.718. The van der Waals surface area contributed by atoms with Crippen LogP contribution in [0.2, 0.25) is 5.02 Å². The van der Waals surface area contributed by atoms with Crippen molar-refractivity contribution in [3.8, 4) is 0 Å². The van der Waals surface area contributed by atoms with E-state index in [1.165, 1.54) is 18.2 Å². The van der Waals surface area contributed by atoms with Crippen molar-refractivity contribution in [2.24, 2.45) is 0 Å². The Labute approximate surface area is 104 Å². The van der Waals surface area contributed by atoms with Crippen molar-refractivity contribution in [2.75, 3.05) is 0 Å². The van der Waals surface area contributed by atoms with Crippen LogP contribution in [-0.2, 0) is 0 Å². The van der Waals surface area contributed by atoms with E-state index in [2.05, 4.69) is 6.07 Å². The molecule has 0 unspecified atom stereocenters. The summed E-state index contributed by atoms with van der Waals surface area (Å²) in [5.74, 6) is -0.350. The summed E-state index contributed by atoms with van der Waals surface area (Å²) in [6.45, 7) is 4.00. The molecule has 0 aliphatic rings. The number of hydrogen-bond donors (Lipinski definition) is 0. The van der Waals surface area contributed by atoms with Crippen LogP contribution in [0, 0.1) is 11.9 Å². The van der Waals surface area contributed by atoms with Crippen LogP contribution >= 0.6 is 11.6 Å². The first kappa shape index (κ1) is 18.5. The summed E-state index contributed by atoms with van der Waals surface area (Å²) in [7, 11) is 0. The van der Waals surface area contributed by atoms with Gasteiger partial charge in [0.2, 0.25) is 0 Å². The van der Waals surface area contributed by atoms with E-state index in [1.807, 2.05) is 13.8 Å². The van der Waals surface area contributed by atoms with Gasteiger partial charge in [0.15, 0.2) is 0 Å². The van der Waals surface area contributed by atoms with Crippen LogP contribution in [0.25, 0.3) is 0 Å². The first-order valence-electron chi connectivity index (χ1n) is 3.11. The van der Waals surface area contributed by atoms with Crippen molar-refractivity contribution in [2.45, 2.75) is 13.8 Å². The average molecular weight is 264 g/mol. The molecular weight excluding hydrogens is 255 g/mol. The van der Waals surface area contributed by atoms with E-state index >= 15 is 0 Å². The molecule has 0 fully saturated rings. The molecule has 1 aromatic carbocycles. The van der Waals surface area contributed by atoms with Crippen molar-refractivity contribution in [3.63, 3.8) is 0 Å². The normalized spacial score (nSPS) is 6.67. The SMILES string of the molecule is CC.Fc1c[c-]cc(Cl)c1.[Br-].[Mg+2]. The fourth-order valence-electron chi connectivity index (χ4n) is 0.416. The van der Waals surface area contributed by atoms with Gasteiger partial charge in [-0.15, -0.1) is 12.1 Å². The van der Waals surface area contributed by atoms with Crippen molar-refractivity contribution >= 4 is 34.7 Å². The Morgan fingerprint density at radius 1 is 1.33 bits per heavy atom. The molecular formula is C8H9BrClFMg. The minimum atomic E-state index is -0.350. The third-order valence-corrected chi connectivity index (χ3v) is 0.936. The number of rotatable bonds is 0. The molecule has 0 aromatic heterocycles. The van der Waals surface area contributed by atoms with Crippen LogP contribution < -0.4 is 17.0 Å². The summed E-state index contributed by atoms with van der Waals surface area (Å²) in [5, 5.41) is 0.380. The van der Waals surface area contributed by atoms with E-state index in [0.29, 0.717) is 5.02 Å². The molecule has 0 spiro atoms. The van der Waals surface area contributed by atoms with Crippen molar-refractivity contribution < 1.29 is 21.4 Å². The summed E-state index contributed by atoms with van der Waals surface area (Å²) in [4.78, 5) is 0. The largest absolute Gasteiger partial charge is 2.00 e. The molecule has 0 saturated heterocycles. The Hall–Kier alpha value is 0.686. The van der Waals surface area contributed by atoms with E-state index in [9.17, 15) is 4.39 Å². The Morgan fingerprint density at radius 3 is 2.08 bits per heavy atom. The number of halogens is 3. The molecule has 0 bridgehead atoms. The molecule has 0 aliphatic heterocycles. The molecule has 0 radical (unpaired) electrons. The van der Waals surface area contributed by atoms with E-state index in [1.54, 1.807) is 0 Å². The Bertz CT molecular complexity index is 179. The van der Waals surface area contributed by atoms with Crippen LogP contribution in [0.5, 0.6) is 0 Å². The molecule has 1 rings (SSSR count). The zero-order valence-corrected chi connectivity index (χ0v) is 10.8. The third kappa shape index (κ3) is 8.78. The topological polar surface area (TPSA) is 0 Å². The van der Waals surface area contributed by atoms with E-state index < -0.39 is 0 Å². The molecule has 1 aromatic rings. The number of benzene rings is 1. The van der Waals surface area contributed by atoms with Crippen molar-refractivity contribution in [1.29, 1.82) is 0 Å². The maximum absolute atomic E-state index is 12.1. The van der Waals surface area contributed by atoms with Crippen molar-refractivity contribution in [3.05, 3.63) is 35.1 Å². The smallest absolute Gasteiger partial charge is 1.00 e. The van der Waals surface area contributed by atoms with Crippen molar-refractivity contribution in [1.82, 2.24) is 0 Å². The van der Waals surface area contributed by atoms with Gasteiger partial charge >= 0.3 is 23.1 Å². The van der Waals surface area contributed by atoms with Gasteiger partial charge in [0, 0.05) is 5.82 Å². The van der Waals surface area contributed by atoms with Crippen LogP contribution in [0.3, 0.4) is 0 Å². The van der Waals surface area contributed by atoms with Gasteiger partial charge in [-0.2, -0.15) is 23.7 Å². The first-order chi connectivity index (χ1) is 4.79. The Balaban J connectivity index is -0.000000189. The van der Waals surface area contributed by atoms with E-state index in [4.69, 9.17) is 11.6 Å². The standard InChI is InChI=1S/C6H3ClF.C2H6.BrH.Mg/c7-5-2-1-3-6(8)4-5;1-2;;/h2-4H;1-2H3;1H;/q-1;;;+2/p-1. The Morgan fingerprint density at radius 2 is 1.83 bits per heavy atom. The molecule has 64 valence electrons. The minimum Gasteiger partial charge on any atom is -1.00 e. The summed E-state index contributed by atoms with van der Waals surface area (Å²) in [5.41, 5.74) is 0. The Kier molecular flexibility index (Phi) is 18.0. The molecule has 0 amide bonds. The molecule has 0 aliphatic carbocycles. The number of hydrogen-bond acceptors (Lipinski definition) is 0. The van der Waals surface area contributed by atoms with Gasteiger partial charge in [0.25, 0.3) is 0 Å². The van der Waals surface area contributed by atoms with Crippen LogP contribution in [0.15, 0.2) is 18.2 Å². The first-order valence-corrected chi connectivity index (χ1v) is 3.49. The van der Waals surface area contributed by atoms with Crippen LogP contribution in [-0.4, -0.2) is 23.1 Å². The second-order valence-corrected chi connectivity index (χ2v) is 1.81. The monoisotopic (exact) mass is 262 g/mol. The van der Waals surface area contributed by atoms with Crippen LogP contribution in [0.1, 0.15) is 13.8 Å². The maximum Gasteiger partial charge on any atom is 2.00 e. The fourth-order valence-corrected chi connectivity index (χ4v) is 0.583. The molecule has 0 atom stereocenters. The van der Waals surface area contributed by atoms with Gasteiger partial charge < -0.3 is 17.0 Å². The molecule has 4 heteroatoms. The maximum atomic E-state index is 12.1. The molecule has 0 nitrogen and oxygen atoms in total. The summed E-state index contributed by atoms with van der Waals surface area (Å²) in [6.07, 6.45) is 0. The zero-order valence-electron chi connectivity index (χ0n) is 7.07. The fraction of sp³-hybridized carbons (Fsp3) is 0.250. The predicted molar refractivity (Wildman–Crippen MR) is 47.3 cm³/mol. The zero-order chi connectivity index (χ0) is 7.98. The minimum absolute atomic E-state index is 0. The van der Waals surface area contributed by atoms with Gasteiger partial charge in [-0.1, -0.05) is 18.9 Å². The molecule has 0 N–H and O–H groups in total. The summed E-state index contributed by atoms with van der Waals surface area (Å²) in [6, 6.07) is 6.49. The van der Waals surface area contributed by atoms with Gasteiger partial charge in [-0.25, -0.2) is 0 Å². The summed E-state index contributed by atoms with van der Waals surface area (Å²) < 4.78 is 12.1. The quantitative estimate of drug-likeness (QED) is 0.454. The van der Waals surface area contributed by atoms with Gasteiger partial charge in [-0.05, 0) is 0 Å². The van der Waals surface area contributed by atoms with Gasteiger partial charge in [0.1, 0.15) is 0 Å². The second-order valence-electron chi connectivity index (χ2n) is 1.37. The molecule has 12 heavy (non-hydrogen) atoms. The molecule has 0 heterocycles. The van der Waals surface area contributed by atoms with E-state index in [0.717, 1.165) is 0 Å². The van der Waals surface area contributed by atoms with Crippen LogP contribution in [0.4, 0.5) is 4.39 Å². The average Bonchev–Trinajstić information content (AvgIpc) is 1.91. The predicted octanol–water partition coefficient (Wildman–Crippen LogP) is -0.0713. The van der Waals surface area contributed by atoms with E-state index in [-0.39, 0.29) is 45.9 Å². The second kappa shape index (κ2) is 11.7.